The zero-order valence-corrected chi connectivity index (χ0v) is 11.2. The minimum absolute atomic E-state index is 0.00107. The lowest BCUT2D eigenvalue weighted by Crippen LogP contribution is -2.03. The van der Waals surface area contributed by atoms with Crippen LogP contribution in [0.15, 0.2) is 46.2 Å². The lowest BCUT2D eigenvalue weighted by atomic mass is 10.0. The van der Waals surface area contributed by atoms with E-state index in [2.05, 4.69) is 0 Å². The van der Waals surface area contributed by atoms with E-state index in [1.54, 1.807) is 6.07 Å². The van der Waals surface area contributed by atoms with Crippen LogP contribution in [0.4, 0.5) is 0 Å². The monoisotopic (exact) mass is 272 g/mol. The van der Waals surface area contributed by atoms with Gasteiger partial charge in [-0.2, -0.15) is 0 Å². The molecular weight excluding hydrogens is 260 g/mol. The van der Waals surface area contributed by atoms with Crippen molar-refractivity contribution in [1.29, 1.82) is 0 Å². The van der Waals surface area contributed by atoms with Gasteiger partial charge in [-0.15, -0.1) is 0 Å². The number of benzene rings is 2. The standard InChI is InChI=1S/C15H12O3S/c1-18-13-8-15-10(7-12(13)17)11(16)6-9-4-2-3-5-14(9)19-15/h2-5,7-8,17H,6H2,1H3. The maximum atomic E-state index is 12.3. The van der Waals surface area contributed by atoms with Crippen LogP contribution in [-0.2, 0) is 6.42 Å². The van der Waals surface area contributed by atoms with Crippen molar-refractivity contribution < 1.29 is 14.6 Å². The number of hydrogen-bond acceptors (Lipinski definition) is 4. The highest BCUT2D eigenvalue weighted by Crippen LogP contribution is 2.41. The molecule has 2 aromatic carbocycles. The smallest absolute Gasteiger partial charge is 0.168 e. The van der Waals surface area contributed by atoms with Crippen molar-refractivity contribution in [2.75, 3.05) is 7.11 Å². The number of phenols is 1. The van der Waals surface area contributed by atoms with Crippen molar-refractivity contribution in [3.63, 3.8) is 0 Å². The van der Waals surface area contributed by atoms with Gasteiger partial charge in [0.2, 0.25) is 0 Å². The summed E-state index contributed by atoms with van der Waals surface area (Å²) in [7, 11) is 1.50. The highest BCUT2D eigenvalue weighted by Gasteiger charge is 2.22. The molecule has 0 bridgehead atoms. The van der Waals surface area contributed by atoms with Gasteiger partial charge in [-0.25, -0.2) is 0 Å². The van der Waals surface area contributed by atoms with Gasteiger partial charge in [-0.05, 0) is 23.8 Å². The molecule has 96 valence electrons. The van der Waals surface area contributed by atoms with Crippen molar-refractivity contribution >= 4 is 17.5 Å². The molecule has 0 amide bonds. The Balaban J connectivity index is 2.17. The molecule has 0 aromatic heterocycles. The fraction of sp³-hybridized carbons (Fsp3) is 0.133. The second kappa shape index (κ2) is 4.63. The molecule has 0 atom stereocenters. The quantitative estimate of drug-likeness (QED) is 0.865. The first-order valence-corrected chi connectivity index (χ1v) is 6.70. The molecule has 0 aliphatic carbocycles. The third-order valence-electron chi connectivity index (χ3n) is 3.13. The van der Waals surface area contributed by atoms with Gasteiger partial charge in [0, 0.05) is 21.8 Å². The predicted octanol–water partition coefficient (Wildman–Crippen LogP) is 3.29. The Labute approximate surface area is 115 Å². The summed E-state index contributed by atoms with van der Waals surface area (Å²) in [4.78, 5) is 14.2. The molecule has 0 spiro atoms. The minimum atomic E-state index is 0.00107. The number of ketones is 1. The first kappa shape index (κ1) is 12.1. The minimum Gasteiger partial charge on any atom is -0.504 e. The summed E-state index contributed by atoms with van der Waals surface area (Å²) < 4.78 is 5.10. The first-order chi connectivity index (χ1) is 9.19. The molecule has 2 aromatic rings. The van der Waals surface area contributed by atoms with Crippen LogP contribution in [0.25, 0.3) is 0 Å². The molecule has 0 saturated carbocycles. The molecule has 1 heterocycles. The van der Waals surface area contributed by atoms with Gasteiger partial charge in [0.15, 0.2) is 17.3 Å². The summed E-state index contributed by atoms with van der Waals surface area (Å²) in [5, 5.41) is 9.81. The average Bonchev–Trinajstić information content (AvgIpc) is 2.54. The van der Waals surface area contributed by atoms with Gasteiger partial charge < -0.3 is 9.84 Å². The summed E-state index contributed by atoms with van der Waals surface area (Å²) >= 11 is 1.53. The number of phenolic OH excluding ortho intramolecular Hbond substituents is 1. The molecule has 1 aliphatic heterocycles. The lowest BCUT2D eigenvalue weighted by Gasteiger charge is -2.09. The average molecular weight is 272 g/mol. The molecule has 4 heteroatoms. The number of Topliss-reactive ketones (excluding diaryl/α,β-unsaturated/α-hetero) is 1. The van der Waals surface area contributed by atoms with Crippen LogP contribution in [0, 0.1) is 0 Å². The number of hydrogen-bond donors (Lipinski definition) is 1. The highest BCUT2D eigenvalue weighted by molar-refractivity contribution is 7.99. The van der Waals surface area contributed by atoms with Crippen LogP contribution in [0.3, 0.4) is 0 Å². The van der Waals surface area contributed by atoms with E-state index in [4.69, 9.17) is 4.74 Å². The fourth-order valence-electron chi connectivity index (χ4n) is 2.15. The molecule has 0 unspecified atom stereocenters. The van der Waals surface area contributed by atoms with Crippen molar-refractivity contribution in [3.8, 4) is 11.5 Å². The number of fused-ring (bicyclic) bond motifs is 2. The van der Waals surface area contributed by atoms with Gasteiger partial charge in [0.25, 0.3) is 0 Å². The zero-order valence-electron chi connectivity index (χ0n) is 10.3. The third-order valence-corrected chi connectivity index (χ3v) is 4.30. The molecule has 1 N–H and O–H groups in total. The molecule has 3 rings (SSSR count). The van der Waals surface area contributed by atoms with Crippen molar-refractivity contribution in [2.24, 2.45) is 0 Å². The first-order valence-electron chi connectivity index (χ1n) is 5.89. The summed E-state index contributed by atoms with van der Waals surface area (Å²) in [5.41, 5.74) is 1.58. The number of carbonyl (C=O) groups excluding carboxylic acids is 1. The summed E-state index contributed by atoms with van der Waals surface area (Å²) in [6, 6.07) is 11.1. The van der Waals surface area contributed by atoms with Crippen molar-refractivity contribution in [1.82, 2.24) is 0 Å². The predicted molar refractivity (Wildman–Crippen MR) is 73.3 cm³/mol. The summed E-state index contributed by atoms with van der Waals surface area (Å²) in [6.45, 7) is 0. The largest absolute Gasteiger partial charge is 0.504 e. The lowest BCUT2D eigenvalue weighted by molar-refractivity contribution is 0.0989. The van der Waals surface area contributed by atoms with Crippen molar-refractivity contribution in [3.05, 3.63) is 47.5 Å². The molecule has 0 fully saturated rings. The van der Waals surface area contributed by atoms with Crippen LogP contribution in [0.2, 0.25) is 0 Å². The van der Waals surface area contributed by atoms with Crippen LogP contribution in [-0.4, -0.2) is 18.0 Å². The van der Waals surface area contributed by atoms with Gasteiger partial charge in [-0.3, -0.25) is 4.79 Å². The zero-order chi connectivity index (χ0) is 13.4. The van der Waals surface area contributed by atoms with E-state index in [9.17, 15) is 9.90 Å². The maximum Gasteiger partial charge on any atom is 0.168 e. The van der Waals surface area contributed by atoms with E-state index < -0.39 is 0 Å². The highest BCUT2D eigenvalue weighted by atomic mass is 32.2. The Morgan fingerprint density at radius 2 is 2.00 bits per heavy atom. The Hall–Kier alpha value is -1.94. The van der Waals surface area contributed by atoms with Crippen LogP contribution >= 0.6 is 11.8 Å². The molecule has 19 heavy (non-hydrogen) atoms. The van der Waals surface area contributed by atoms with Gasteiger partial charge in [0.1, 0.15) is 0 Å². The molecule has 0 saturated heterocycles. The maximum absolute atomic E-state index is 12.3. The second-order valence-electron chi connectivity index (χ2n) is 4.33. The van der Waals surface area contributed by atoms with Gasteiger partial charge in [0.05, 0.1) is 7.11 Å². The number of aromatic hydroxyl groups is 1. The van der Waals surface area contributed by atoms with Crippen LogP contribution in [0.5, 0.6) is 11.5 Å². The molecule has 0 radical (unpaired) electrons. The van der Waals surface area contributed by atoms with E-state index in [-0.39, 0.29) is 11.5 Å². The normalized spacial score (nSPS) is 13.4. The third kappa shape index (κ3) is 2.08. The molecular formula is C15H12O3S. The van der Waals surface area contributed by atoms with E-state index >= 15 is 0 Å². The van der Waals surface area contributed by atoms with E-state index in [1.807, 2.05) is 24.3 Å². The second-order valence-corrected chi connectivity index (χ2v) is 5.41. The Kier molecular flexibility index (Phi) is 2.95. The number of carbonyl (C=O) groups is 1. The topological polar surface area (TPSA) is 46.5 Å². The Morgan fingerprint density at radius 3 is 2.79 bits per heavy atom. The van der Waals surface area contributed by atoms with Crippen LogP contribution in [0.1, 0.15) is 15.9 Å². The SMILES string of the molecule is COc1cc2c(cc1O)C(=O)Cc1ccccc1S2. The van der Waals surface area contributed by atoms with Crippen molar-refractivity contribution in [2.45, 2.75) is 16.2 Å². The van der Waals surface area contributed by atoms with E-state index in [1.165, 1.54) is 24.9 Å². The van der Waals surface area contributed by atoms with Crippen LogP contribution < -0.4 is 4.74 Å². The van der Waals surface area contributed by atoms with Gasteiger partial charge >= 0.3 is 0 Å². The van der Waals surface area contributed by atoms with E-state index in [0.29, 0.717) is 17.7 Å². The fourth-order valence-corrected chi connectivity index (χ4v) is 3.26. The van der Waals surface area contributed by atoms with Gasteiger partial charge in [-0.1, -0.05) is 30.0 Å². The number of ether oxygens (including phenoxy) is 1. The Bertz CT molecular complexity index is 664. The van der Waals surface area contributed by atoms with E-state index in [0.717, 1.165) is 15.4 Å². The number of rotatable bonds is 1. The molecule has 1 aliphatic rings. The summed E-state index contributed by atoms with van der Waals surface area (Å²) in [5.74, 6) is 0.407. The Morgan fingerprint density at radius 1 is 1.21 bits per heavy atom. The number of methoxy groups -OCH3 is 1. The molecule has 3 nitrogen and oxygen atoms in total. The summed E-state index contributed by atoms with van der Waals surface area (Å²) in [6.07, 6.45) is 0.363.